The quantitative estimate of drug-likeness (QED) is 0.456. The van der Waals surface area contributed by atoms with Crippen molar-refractivity contribution in [3.05, 3.63) is 0 Å². The number of amides is 1. The molecule has 1 fully saturated rings. The van der Waals surface area contributed by atoms with Crippen LogP contribution in [0.3, 0.4) is 0 Å². The minimum absolute atomic E-state index is 0. The smallest absolute Gasteiger partial charge is 0.233 e. The van der Waals surface area contributed by atoms with Crippen molar-refractivity contribution in [1.82, 2.24) is 4.72 Å². The maximum absolute atomic E-state index is 11.2. The maximum atomic E-state index is 11.2. The molecule has 0 bridgehead atoms. The van der Waals surface area contributed by atoms with Crippen molar-refractivity contribution in [3.8, 4) is 0 Å². The van der Waals surface area contributed by atoms with Gasteiger partial charge in [0, 0.05) is 47.0 Å². The summed E-state index contributed by atoms with van der Waals surface area (Å²) in [6, 6.07) is 0. The largest absolute Gasteiger partial charge is 0.274 e. The van der Waals surface area contributed by atoms with Crippen molar-refractivity contribution in [3.63, 3.8) is 0 Å². The number of nitrogens with one attached hydrogen (secondary N) is 1. The number of rotatable bonds is 6. The van der Waals surface area contributed by atoms with E-state index in [1.165, 1.54) is 12.2 Å². The molecule has 0 saturated carbocycles. The third kappa shape index (κ3) is 9.67. The van der Waals surface area contributed by atoms with E-state index in [0.717, 1.165) is 30.8 Å². The molecule has 1 atom stereocenters. The zero-order valence-corrected chi connectivity index (χ0v) is 14.7. The Hall–Kier alpha value is 1.12. The van der Waals surface area contributed by atoms with E-state index in [1.807, 2.05) is 26.3 Å². The van der Waals surface area contributed by atoms with E-state index in [0.29, 0.717) is 6.42 Å². The Balaban J connectivity index is 0.00000256. The second-order valence-corrected chi connectivity index (χ2v) is 8.41. The predicted molar refractivity (Wildman–Crippen MR) is 75.7 cm³/mol. The maximum Gasteiger partial charge on any atom is 0.233 e. The molecule has 17 heavy (non-hydrogen) atoms. The molecule has 1 rings (SSSR count). The number of hydrogen-bond acceptors (Lipinski definition) is 5. The molecule has 0 aromatic rings. The van der Waals surface area contributed by atoms with Gasteiger partial charge in [-0.3, -0.25) is 9.52 Å². The Morgan fingerprint density at radius 2 is 2.12 bits per heavy atom. The minimum Gasteiger partial charge on any atom is -0.274 e. The first-order valence-electron chi connectivity index (χ1n) is 5.26. The molecule has 0 aromatic carbocycles. The summed E-state index contributed by atoms with van der Waals surface area (Å²) < 4.78 is 23.5. The fraction of sp³-hybridized carbons (Fsp3) is 0.889. The van der Waals surface area contributed by atoms with Crippen LogP contribution in [0.4, 0.5) is 0 Å². The Morgan fingerprint density at radius 3 is 2.65 bits per heavy atom. The Kier molecular flexibility index (Phi) is 9.69. The van der Waals surface area contributed by atoms with Gasteiger partial charge in [-0.25, -0.2) is 8.42 Å². The van der Waals surface area contributed by atoms with E-state index in [1.54, 1.807) is 0 Å². The second kappa shape index (κ2) is 9.09. The van der Waals surface area contributed by atoms with Crippen LogP contribution in [0.15, 0.2) is 0 Å². The van der Waals surface area contributed by atoms with Crippen molar-refractivity contribution in [2.75, 3.05) is 12.0 Å². The van der Waals surface area contributed by atoms with E-state index in [9.17, 15) is 13.2 Å². The molecule has 8 heteroatoms. The number of unbranched alkanes of at least 4 members (excludes halogenated alkanes) is 1. The summed E-state index contributed by atoms with van der Waals surface area (Å²) in [5.41, 5.74) is 0. The van der Waals surface area contributed by atoms with Crippen LogP contribution in [0.2, 0.25) is 0 Å². The van der Waals surface area contributed by atoms with Crippen LogP contribution in [0, 0.1) is 0 Å². The molecule has 0 aliphatic carbocycles. The number of carbonyl (C=O) groups excluding carboxylic acids is 1. The van der Waals surface area contributed by atoms with Crippen molar-refractivity contribution < 1.29 is 13.2 Å². The third-order valence-corrected chi connectivity index (χ3v) is 5.81. The second-order valence-electron chi connectivity index (χ2n) is 3.87. The van der Waals surface area contributed by atoms with Crippen LogP contribution in [0.25, 0.3) is 0 Å². The standard InChI is InChI=1S/C9H17NO3S3.Na/c1-16(12,13)10-9(11)5-3-2-4-8-6-7-14-15-8;/h8H,2-7H2,1H3,(H,10,11);. The van der Waals surface area contributed by atoms with Gasteiger partial charge in [-0.05, 0) is 19.3 Å². The van der Waals surface area contributed by atoms with Gasteiger partial charge in [0.05, 0.1) is 6.26 Å². The summed E-state index contributed by atoms with van der Waals surface area (Å²) in [5, 5.41) is 0.725. The van der Waals surface area contributed by atoms with Crippen LogP contribution in [-0.4, -0.2) is 61.1 Å². The SMILES string of the molecule is CS(=O)(=O)NC(=O)CCCCC1CCSS1.[Na]. The molecule has 1 radical (unpaired) electrons. The van der Waals surface area contributed by atoms with Crippen LogP contribution < -0.4 is 4.72 Å². The molecule has 1 amide bonds. The van der Waals surface area contributed by atoms with Crippen molar-refractivity contribution in [2.24, 2.45) is 0 Å². The fourth-order valence-corrected chi connectivity index (χ4v) is 5.02. The van der Waals surface area contributed by atoms with Gasteiger partial charge >= 0.3 is 0 Å². The summed E-state index contributed by atoms with van der Waals surface area (Å²) >= 11 is 0. The van der Waals surface area contributed by atoms with Gasteiger partial charge in [0.25, 0.3) is 0 Å². The first-order chi connectivity index (χ1) is 7.47. The molecule has 0 aromatic heterocycles. The Labute approximate surface area is 133 Å². The van der Waals surface area contributed by atoms with E-state index >= 15 is 0 Å². The summed E-state index contributed by atoms with van der Waals surface area (Å²) in [6.45, 7) is 0. The van der Waals surface area contributed by atoms with Gasteiger partial charge < -0.3 is 0 Å². The average Bonchev–Trinajstić information content (AvgIpc) is 2.62. The Bertz CT molecular complexity index is 328. The monoisotopic (exact) mass is 306 g/mol. The zero-order chi connectivity index (χ0) is 12.0. The topological polar surface area (TPSA) is 63.2 Å². The zero-order valence-electron chi connectivity index (χ0n) is 10.3. The number of hydrogen-bond donors (Lipinski definition) is 1. The molecule has 4 nitrogen and oxygen atoms in total. The van der Waals surface area contributed by atoms with Gasteiger partial charge in [0.1, 0.15) is 0 Å². The molecule has 95 valence electrons. The van der Waals surface area contributed by atoms with E-state index in [4.69, 9.17) is 0 Å². The minimum atomic E-state index is -3.38. The van der Waals surface area contributed by atoms with Crippen LogP contribution in [0.1, 0.15) is 32.1 Å². The fourth-order valence-electron chi connectivity index (χ4n) is 1.48. The van der Waals surface area contributed by atoms with Crippen LogP contribution in [-0.2, 0) is 14.8 Å². The molecular formula is C9H17NNaO3S3. The molecular weight excluding hydrogens is 289 g/mol. The van der Waals surface area contributed by atoms with Gasteiger partial charge in [0.15, 0.2) is 0 Å². The summed E-state index contributed by atoms with van der Waals surface area (Å²) in [4.78, 5) is 11.2. The van der Waals surface area contributed by atoms with E-state index < -0.39 is 15.9 Å². The third-order valence-electron chi connectivity index (χ3n) is 2.21. The van der Waals surface area contributed by atoms with Gasteiger partial charge in [-0.2, -0.15) is 0 Å². The molecule has 1 N–H and O–H groups in total. The van der Waals surface area contributed by atoms with Crippen molar-refractivity contribution in [2.45, 2.75) is 37.4 Å². The Morgan fingerprint density at radius 1 is 1.41 bits per heavy atom. The summed E-state index contributed by atoms with van der Waals surface area (Å²) in [7, 11) is 0.461. The number of carbonyl (C=O) groups is 1. The van der Waals surface area contributed by atoms with Gasteiger partial charge in [0.2, 0.25) is 15.9 Å². The summed E-state index contributed by atoms with van der Waals surface area (Å²) in [6.07, 6.45) is 5.45. The molecule has 1 aliphatic heterocycles. The first-order valence-corrected chi connectivity index (χ1v) is 9.53. The van der Waals surface area contributed by atoms with Crippen LogP contribution in [0.5, 0.6) is 0 Å². The van der Waals surface area contributed by atoms with E-state index in [-0.39, 0.29) is 29.6 Å². The average molecular weight is 306 g/mol. The van der Waals surface area contributed by atoms with Crippen molar-refractivity contribution >= 4 is 67.1 Å². The molecule has 1 heterocycles. The number of sulfonamides is 1. The van der Waals surface area contributed by atoms with Gasteiger partial charge in [-0.15, -0.1) is 0 Å². The predicted octanol–water partition coefficient (Wildman–Crippen LogP) is 1.40. The summed E-state index contributed by atoms with van der Waals surface area (Å²) in [5.74, 6) is 0.833. The molecule has 0 spiro atoms. The van der Waals surface area contributed by atoms with Crippen LogP contribution >= 0.6 is 21.6 Å². The molecule has 1 saturated heterocycles. The van der Waals surface area contributed by atoms with Crippen molar-refractivity contribution in [1.29, 1.82) is 0 Å². The normalized spacial score (nSPS) is 19.7. The molecule has 1 unspecified atom stereocenters. The van der Waals surface area contributed by atoms with E-state index in [2.05, 4.69) is 0 Å². The first kappa shape index (κ1) is 18.1. The van der Waals surface area contributed by atoms with Gasteiger partial charge in [-0.1, -0.05) is 28.0 Å². The molecule has 1 aliphatic rings.